The first-order valence-electron chi connectivity index (χ1n) is 5.32. The van der Waals surface area contributed by atoms with Crippen molar-refractivity contribution in [1.82, 2.24) is 9.97 Å². The van der Waals surface area contributed by atoms with Gasteiger partial charge in [0.2, 0.25) is 0 Å². The lowest BCUT2D eigenvalue weighted by Crippen LogP contribution is -2.17. The Labute approximate surface area is 94.7 Å². The van der Waals surface area contributed by atoms with Crippen LogP contribution < -0.4 is 5.56 Å². The minimum atomic E-state index is 0.0305. The summed E-state index contributed by atoms with van der Waals surface area (Å²) in [5, 5.41) is 0.705. The molecular weight excluding hydrogens is 208 g/mol. The van der Waals surface area contributed by atoms with Gasteiger partial charge in [-0.2, -0.15) is 0 Å². The Kier molecular flexibility index (Phi) is 4.88. The normalized spacial score (nSPS) is 10.6. The van der Waals surface area contributed by atoms with Gasteiger partial charge in [0.25, 0.3) is 5.56 Å². The van der Waals surface area contributed by atoms with Gasteiger partial charge in [-0.3, -0.25) is 4.79 Å². The number of aromatic nitrogens is 2. The molecule has 0 aliphatic heterocycles. The summed E-state index contributed by atoms with van der Waals surface area (Å²) >= 11 is 1.47. The topological polar surface area (TPSA) is 45.8 Å². The Hall–Kier alpha value is -0.770. The third-order valence-corrected chi connectivity index (χ3v) is 3.00. The molecule has 1 N–H and O–H groups in total. The highest BCUT2D eigenvalue weighted by atomic mass is 32.2. The highest BCUT2D eigenvalue weighted by Crippen LogP contribution is 2.10. The second-order valence-electron chi connectivity index (χ2n) is 3.60. The summed E-state index contributed by atoms with van der Waals surface area (Å²) < 4.78 is 0. The molecule has 0 fully saturated rings. The van der Waals surface area contributed by atoms with Crippen LogP contribution in [-0.2, 0) is 6.42 Å². The standard InChI is InChI=1S/C11H18N2OS/c1-4-5-6-7-9-8(2)12-11(15-3)13-10(9)14/h4-7H2,1-3H3,(H,12,13,14). The first-order valence-corrected chi connectivity index (χ1v) is 6.55. The molecule has 0 saturated heterocycles. The quantitative estimate of drug-likeness (QED) is 0.477. The molecule has 0 amide bonds. The molecule has 0 aromatic carbocycles. The number of hydrogen-bond acceptors (Lipinski definition) is 3. The van der Waals surface area contributed by atoms with Crippen LogP contribution in [0.3, 0.4) is 0 Å². The zero-order valence-corrected chi connectivity index (χ0v) is 10.4. The van der Waals surface area contributed by atoms with E-state index in [1.807, 2.05) is 13.2 Å². The van der Waals surface area contributed by atoms with E-state index in [1.54, 1.807) is 0 Å². The first-order chi connectivity index (χ1) is 7.19. The smallest absolute Gasteiger partial charge is 0.254 e. The van der Waals surface area contributed by atoms with Gasteiger partial charge in [-0.25, -0.2) is 4.98 Å². The van der Waals surface area contributed by atoms with Crippen LogP contribution in [0.2, 0.25) is 0 Å². The van der Waals surface area contributed by atoms with Gasteiger partial charge >= 0.3 is 0 Å². The molecule has 1 heterocycles. The van der Waals surface area contributed by atoms with E-state index in [0.29, 0.717) is 5.16 Å². The number of nitrogens with one attached hydrogen (secondary N) is 1. The Morgan fingerprint density at radius 2 is 2.13 bits per heavy atom. The van der Waals surface area contributed by atoms with E-state index >= 15 is 0 Å². The van der Waals surface area contributed by atoms with Crippen molar-refractivity contribution in [3.63, 3.8) is 0 Å². The van der Waals surface area contributed by atoms with Gasteiger partial charge in [0.15, 0.2) is 5.16 Å². The molecule has 0 atom stereocenters. The lowest BCUT2D eigenvalue weighted by atomic mass is 10.1. The molecular formula is C11H18N2OS. The minimum absolute atomic E-state index is 0.0305. The van der Waals surface area contributed by atoms with Crippen molar-refractivity contribution in [2.24, 2.45) is 0 Å². The van der Waals surface area contributed by atoms with Crippen LogP contribution in [0.4, 0.5) is 0 Å². The predicted octanol–water partition coefficient (Wildman–Crippen LogP) is 2.53. The van der Waals surface area contributed by atoms with Crippen molar-refractivity contribution in [2.45, 2.75) is 44.7 Å². The van der Waals surface area contributed by atoms with E-state index in [4.69, 9.17) is 0 Å². The van der Waals surface area contributed by atoms with Gasteiger partial charge in [-0.1, -0.05) is 31.5 Å². The molecule has 1 aromatic heterocycles. The fraction of sp³-hybridized carbons (Fsp3) is 0.636. The summed E-state index contributed by atoms with van der Waals surface area (Å²) in [6.45, 7) is 4.07. The summed E-state index contributed by atoms with van der Waals surface area (Å²) in [6.07, 6.45) is 6.17. The molecule has 0 radical (unpaired) electrons. The molecule has 0 aliphatic rings. The van der Waals surface area contributed by atoms with Crippen LogP contribution in [-0.4, -0.2) is 16.2 Å². The summed E-state index contributed by atoms with van der Waals surface area (Å²) in [6, 6.07) is 0. The highest BCUT2D eigenvalue weighted by Gasteiger charge is 2.06. The predicted molar refractivity (Wildman–Crippen MR) is 64.6 cm³/mol. The van der Waals surface area contributed by atoms with Crippen LogP contribution in [0.15, 0.2) is 9.95 Å². The second kappa shape index (κ2) is 5.95. The first kappa shape index (κ1) is 12.3. The molecule has 4 heteroatoms. The molecule has 0 spiro atoms. The number of unbranched alkanes of at least 4 members (excludes halogenated alkanes) is 2. The van der Waals surface area contributed by atoms with E-state index < -0.39 is 0 Å². The van der Waals surface area contributed by atoms with Crippen LogP contribution in [0.25, 0.3) is 0 Å². The van der Waals surface area contributed by atoms with Gasteiger partial charge in [-0.15, -0.1) is 0 Å². The number of aromatic amines is 1. The molecule has 1 rings (SSSR count). The Bertz CT molecular complexity index is 373. The van der Waals surface area contributed by atoms with Crippen LogP contribution in [0.5, 0.6) is 0 Å². The fourth-order valence-corrected chi connectivity index (χ4v) is 1.95. The van der Waals surface area contributed by atoms with E-state index in [2.05, 4.69) is 16.9 Å². The van der Waals surface area contributed by atoms with Crippen molar-refractivity contribution >= 4 is 11.8 Å². The highest BCUT2D eigenvalue weighted by molar-refractivity contribution is 7.98. The molecule has 84 valence electrons. The van der Waals surface area contributed by atoms with Crippen LogP contribution >= 0.6 is 11.8 Å². The number of H-pyrrole nitrogens is 1. The number of thioether (sulfide) groups is 1. The van der Waals surface area contributed by atoms with Crippen molar-refractivity contribution < 1.29 is 0 Å². The lowest BCUT2D eigenvalue weighted by Gasteiger charge is -2.05. The van der Waals surface area contributed by atoms with Crippen LogP contribution in [0.1, 0.15) is 37.4 Å². The Morgan fingerprint density at radius 1 is 1.40 bits per heavy atom. The summed E-state index contributed by atoms with van der Waals surface area (Å²) in [7, 11) is 0. The molecule has 3 nitrogen and oxygen atoms in total. The van der Waals surface area contributed by atoms with Gasteiger partial charge in [0, 0.05) is 11.3 Å². The molecule has 15 heavy (non-hydrogen) atoms. The Morgan fingerprint density at radius 3 is 2.67 bits per heavy atom. The maximum absolute atomic E-state index is 11.7. The largest absolute Gasteiger partial charge is 0.301 e. The third-order valence-electron chi connectivity index (χ3n) is 2.42. The van der Waals surface area contributed by atoms with Crippen molar-refractivity contribution in [2.75, 3.05) is 6.26 Å². The van der Waals surface area contributed by atoms with E-state index in [1.165, 1.54) is 24.6 Å². The third kappa shape index (κ3) is 3.38. The van der Waals surface area contributed by atoms with Gasteiger partial charge in [0.05, 0.1) is 0 Å². The van der Waals surface area contributed by atoms with Crippen molar-refractivity contribution in [1.29, 1.82) is 0 Å². The molecule has 0 aliphatic carbocycles. The van der Waals surface area contributed by atoms with E-state index in [0.717, 1.165) is 24.1 Å². The molecule has 1 aromatic rings. The molecule has 0 unspecified atom stereocenters. The van der Waals surface area contributed by atoms with Gasteiger partial charge in [-0.05, 0) is 26.0 Å². The number of hydrogen-bond donors (Lipinski definition) is 1. The van der Waals surface area contributed by atoms with Crippen molar-refractivity contribution in [3.8, 4) is 0 Å². The monoisotopic (exact) mass is 226 g/mol. The maximum atomic E-state index is 11.7. The summed E-state index contributed by atoms with van der Waals surface area (Å²) in [4.78, 5) is 18.8. The second-order valence-corrected chi connectivity index (χ2v) is 4.39. The average molecular weight is 226 g/mol. The number of rotatable bonds is 5. The van der Waals surface area contributed by atoms with E-state index in [9.17, 15) is 4.79 Å². The molecule has 0 bridgehead atoms. The van der Waals surface area contributed by atoms with Crippen molar-refractivity contribution in [3.05, 3.63) is 21.6 Å². The number of nitrogens with zero attached hydrogens (tertiary/aromatic N) is 1. The fourth-order valence-electron chi connectivity index (χ4n) is 1.53. The minimum Gasteiger partial charge on any atom is -0.301 e. The maximum Gasteiger partial charge on any atom is 0.254 e. The SMILES string of the molecule is CCCCCc1c(C)nc(SC)[nH]c1=O. The average Bonchev–Trinajstić information content (AvgIpc) is 2.22. The van der Waals surface area contributed by atoms with Gasteiger partial charge in [0.1, 0.15) is 0 Å². The van der Waals surface area contributed by atoms with E-state index in [-0.39, 0.29) is 5.56 Å². The zero-order chi connectivity index (χ0) is 11.3. The summed E-state index contributed by atoms with van der Waals surface area (Å²) in [5.74, 6) is 0. The lowest BCUT2D eigenvalue weighted by molar-refractivity contribution is 0.701. The summed E-state index contributed by atoms with van der Waals surface area (Å²) in [5.41, 5.74) is 1.75. The van der Waals surface area contributed by atoms with Crippen LogP contribution in [0, 0.1) is 6.92 Å². The molecule has 0 saturated carbocycles. The number of aryl methyl sites for hydroxylation is 1. The van der Waals surface area contributed by atoms with Gasteiger partial charge < -0.3 is 4.98 Å². The zero-order valence-electron chi connectivity index (χ0n) is 9.59. The Balaban J connectivity index is 2.84.